The Balaban J connectivity index is 2.54. The molecule has 0 aromatic rings. The molecule has 48 valence electrons. The fraction of sp³-hybridized carbons (Fsp3) is 1.00. The van der Waals surface area contributed by atoms with E-state index in [-0.39, 0.29) is 0 Å². The van der Waals surface area contributed by atoms with Gasteiger partial charge in [0.05, 0.1) is 8.07 Å². The van der Waals surface area contributed by atoms with E-state index in [0.29, 0.717) is 5.67 Å². The minimum atomic E-state index is -0.866. The lowest BCUT2D eigenvalue weighted by Crippen LogP contribution is -2.42. The summed E-state index contributed by atoms with van der Waals surface area (Å²) in [5.41, 5.74) is 6.47. The normalized spacial score (nSPS) is 35.6. The van der Waals surface area contributed by atoms with Gasteiger partial charge in [0.25, 0.3) is 0 Å². The molecule has 1 atom stereocenters. The molecule has 1 fully saturated rings. The number of rotatable bonds is 0. The minimum Gasteiger partial charge on any atom is -0.330 e. The Morgan fingerprint density at radius 1 is 1.50 bits per heavy atom. The van der Waals surface area contributed by atoms with E-state index < -0.39 is 8.07 Å². The summed E-state index contributed by atoms with van der Waals surface area (Å²) in [7, 11) is -0.866. The van der Waals surface area contributed by atoms with Crippen molar-refractivity contribution in [1.29, 1.82) is 0 Å². The molecule has 8 heavy (non-hydrogen) atoms. The zero-order chi connectivity index (χ0) is 6.20. The molecule has 1 aliphatic rings. The van der Waals surface area contributed by atoms with Gasteiger partial charge in [-0.05, 0) is 12.1 Å². The molecule has 0 radical (unpaired) electrons. The number of hydrogen-bond donors (Lipinski definition) is 1. The van der Waals surface area contributed by atoms with Crippen molar-refractivity contribution in [2.75, 3.05) is 0 Å². The first-order valence-electron chi connectivity index (χ1n) is 3.38. The van der Waals surface area contributed by atoms with Crippen LogP contribution in [-0.2, 0) is 0 Å². The molecular weight excluding hydrogens is 114 g/mol. The summed E-state index contributed by atoms with van der Waals surface area (Å²) in [6.07, 6.45) is 2.68. The highest BCUT2D eigenvalue weighted by Crippen LogP contribution is 2.26. The highest BCUT2D eigenvalue weighted by molar-refractivity contribution is 6.79. The molecule has 2 N–H and O–H groups in total. The Morgan fingerprint density at radius 3 is 2.25 bits per heavy atom. The van der Waals surface area contributed by atoms with E-state index in [1.807, 2.05) is 0 Å². The average Bonchev–Trinajstić information content (AvgIpc) is 1.86. The van der Waals surface area contributed by atoms with E-state index in [0.717, 1.165) is 0 Å². The molecule has 0 aromatic heterocycles. The van der Waals surface area contributed by atoms with Gasteiger partial charge in [-0.15, -0.1) is 0 Å². The van der Waals surface area contributed by atoms with Crippen LogP contribution in [0.5, 0.6) is 0 Å². The van der Waals surface area contributed by atoms with Crippen LogP contribution in [0.2, 0.25) is 19.1 Å². The molecule has 0 spiro atoms. The third kappa shape index (κ3) is 0.953. The predicted octanol–water partition coefficient (Wildman–Crippen LogP) is 1.36. The first kappa shape index (κ1) is 6.30. The summed E-state index contributed by atoms with van der Waals surface area (Å²) in [6.45, 7) is 4.79. The Morgan fingerprint density at radius 2 is 2.12 bits per heavy atom. The molecule has 1 saturated heterocycles. The molecule has 0 bridgehead atoms. The van der Waals surface area contributed by atoms with E-state index in [1.165, 1.54) is 18.9 Å². The van der Waals surface area contributed by atoms with E-state index >= 15 is 0 Å². The van der Waals surface area contributed by atoms with E-state index in [4.69, 9.17) is 5.73 Å². The van der Waals surface area contributed by atoms with Gasteiger partial charge in [0.2, 0.25) is 0 Å². The molecule has 0 aliphatic carbocycles. The van der Waals surface area contributed by atoms with Gasteiger partial charge >= 0.3 is 0 Å². The van der Waals surface area contributed by atoms with Crippen LogP contribution in [-0.4, -0.2) is 13.7 Å². The van der Waals surface area contributed by atoms with Crippen LogP contribution >= 0.6 is 0 Å². The van der Waals surface area contributed by atoms with Crippen molar-refractivity contribution in [1.82, 2.24) is 0 Å². The van der Waals surface area contributed by atoms with Gasteiger partial charge in [-0.2, -0.15) is 0 Å². The summed E-state index contributed by atoms with van der Waals surface area (Å²) in [4.78, 5) is 0. The zero-order valence-corrected chi connectivity index (χ0v) is 6.78. The van der Waals surface area contributed by atoms with Crippen molar-refractivity contribution in [3.8, 4) is 0 Å². The molecule has 1 aliphatic heterocycles. The monoisotopic (exact) mass is 129 g/mol. The van der Waals surface area contributed by atoms with Crippen molar-refractivity contribution in [3.63, 3.8) is 0 Å². The second-order valence-corrected chi connectivity index (χ2v) is 8.71. The molecule has 0 amide bonds. The smallest absolute Gasteiger partial charge is 0.0662 e. The second kappa shape index (κ2) is 1.85. The molecule has 1 unspecified atom stereocenters. The predicted molar refractivity (Wildman–Crippen MR) is 39.5 cm³/mol. The Labute approximate surface area is 52.3 Å². The van der Waals surface area contributed by atoms with Gasteiger partial charge in [-0.1, -0.05) is 25.6 Å². The van der Waals surface area contributed by atoms with Crippen LogP contribution in [0.15, 0.2) is 0 Å². The summed E-state index contributed by atoms with van der Waals surface area (Å²) < 4.78 is 0. The molecule has 1 heterocycles. The maximum Gasteiger partial charge on any atom is 0.0662 e. The first-order chi connectivity index (χ1) is 3.63. The molecule has 1 rings (SSSR count). The SMILES string of the molecule is C[Si]1(C)CCCC1N. The molecule has 0 saturated carbocycles. The highest BCUT2D eigenvalue weighted by atomic mass is 28.3. The lowest BCUT2D eigenvalue weighted by Gasteiger charge is -2.19. The van der Waals surface area contributed by atoms with Crippen LogP contribution in [0.4, 0.5) is 0 Å². The van der Waals surface area contributed by atoms with Gasteiger partial charge in [-0.3, -0.25) is 0 Å². The quantitative estimate of drug-likeness (QED) is 0.491. The number of nitrogens with two attached hydrogens (primary N) is 1. The van der Waals surface area contributed by atoms with E-state index in [1.54, 1.807) is 0 Å². The summed E-state index contributed by atoms with van der Waals surface area (Å²) in [5.74, 6) is 0. The van der Waals surface area contributed by atoms with Gasteiger partial charge in [0.15, 0.2) is 0 Å². The fourth-order valence-corrected chi connectivity index (χ4v) is 3.83. The van der Waals surface area contributed by atoms with Crippen LogP contribution in [0.25, 0.3) is 0 Å². The van der Waals surface area contributed by atoms with Crippen LogP contribution in [0, 0.1) is 0 Å². The minimum absolute atomic E-state index is 0.600. The highest BCUT2D eigenvalue weighted by Gasteiger charge is 2.33. The largest absolute Gasteiger partial charge is 0.330 e. The van der Waals surface area contributed by atoms with Crippen LogP contribution < -0.4 is 5.73 Å². The second-order valence-electron chi connectivity index (χ2n) is 3.49. The Bertz CT molecular complexity index is 90.5. The standard InChI is InChI=1S/C6H15NSi/c1-8(2)5-3-4-6(8)7/h6H,3-5,7H2,1-2H3. The van der Waals surface area contributed by atoms with Crippen molar-refractivity contribution in [3.05, 3.63) is 0 Å². The van der Waals surface area contributed by atoms with Crippen LogP contribution in [0.1, 0.15) is 12.8 Å². The third-order valence-electron chi connectivity index (χ3n) is 2.34. The van der Waals surface area contributed by atoms with Crippen molar-refractivity contribution in [2.45, 2.75) is 37.6 Å². The Hall–Kier alpha value is 0.177. The lowest BCUT2D eigenvalue weighted by molar-refractivity contribution is 0.800. The van der Waals surface area contributed by atoms with Crippen LogP contribution in [0.3, 0.4) is 0 Å². The maximum atomic E-state index is 5.87. The third-order valence-corrected chi connectivity index (χ3v) is 6.28. The topological polar surface area (TPSA) is 26.0 Å². The molecular formula is C6H15NSi. The van der Waals surface area contributed by atoms with E-state index in [2.05, 4.69) is 13.1 Å². The first-order valence-corrected chi connectivity index (χ1v) is 6.67. The van der Waals surface area contributed by atoms with Crippen molar-refractivity contribution < 1.29 is 0 Å². The van der Waals surface area contributed by atoms with Gasteiger partial charge in [0.1, 0.15) is 0 Å². The maximum absolute atomic E-state index is 5.87. The molecule has 0 aromatic carbocycles. The van der Waals surface area contributed by atoms with Gasteiger partial charge in [0, 0.05) is 0 Å². The van der Waals surface area contributed by atoms with Gasteiger partial charge < -0.3 is 5.73 Å². The summed E-state index contributed by atoms with van der Waals surface area (Å²) >= 11 is 0. The summed E-state index contributed by atoms with van der Waals surface area (Å²) in [6, 6.07) is 1.45. The van der Waals surface area contributed by atoms with Gasteiger partial charge in [-0.25, -0.2) is 0 Å². The molecule has 1 nitrogen and oxygen atoms in total. The van der Waals surface area contributed by atoms with Crippen molar-refractivity contribution in [2.24, 2.45) is 5.73 Å². The molecule has 2 heteroatoms. The summed E-state index contributed by atoms with van der Waals surface area (Å²) in [5, 5.41) is 0. The number of hydrogen-bond acceptors (Lipinski definition) is 1. The Kier molecular flexibility index (Phi) is 1.45. The van der Waals surface area contributed by atoms with E-state index in [9.17, 15) is 0 Å². The lowest BCUT2D eigenvalue weighted by atomic mass is 10.3. The average molecular weight is 129 g/mol. The fourth-order valence-electron chi connectivity index (χ4n) is 1.35. The zero-order valence-electron chi connectivity index (χ0n) is 5.78. The van der Waals surface area contributed by atoms with Crippen molar-refractivity contribution >= 4 is 8.07 Å².